The van der Waals surface area contributed by atoms with E-state index in [9.17, 15) is 19.2 Å². The van der Waals surface area contributed by atoms with Crippen molar-refractivity contribution in [3.63, 3.8) is 0 Å². The van der Waals surface area contributed by atoms with Crippen molar-refractivity contribution in [1.29, 1.82) is 0 Å². The van der Waals surface area contributed by atoms with E-state index < -0.39 is 5.54 Å². The lowest BCUT2D eigenvalue weighted by molar-refractivity contribution is -0.152. The number of amides is 1. The molecular weight excluding hydrogens is 486 g/mol. The Balaban J connectivity index is -0.00000291. The summed E-state index contributed by atoms with van der Waals surface area (Å²) >= 11 is 0. The quantitative estimate of drug-likeness (QED) is 0.192. The van der Waals surface area contributed by atoms with E-state index in [1.54, 1.807) is 18.9 Å². The summed E-state index contributed by atoms with van der Waals surface area (Å²) in [5.74, 6) is 0.0655. The lowest BCUT2D eigenvalue weighted by Gasteiger charge is -2.42. The highest BCUT2D eigenvalue weighted by Crippen LogP contribution is 2.25. The molecule has 0 radical (unpaired) electrons. The number of likely N-dealkylation sites (N-methyl/N-ethyl adjacent to an activating group) is 1. The average Bonchev–Trinajstić information content (AvgIpc) is 2.86. The summed E-state index contributed by atoms with van der Waals surface area (Å²) in [7, 11) is 1.70. The van der Waals surface area contributed by atoms with E-state index in [4.69, 9.17) is 14.2 Å². The second-order valence-corrected chi connectivity index (χ2v) is 10.5. The van der Waals surface area contributed by atoms with E-state index in [1.165, 1.54) is 6.92 Å². The maximum Gasteiger partial charge on any atom is 0.223 e. The van der Waals surface area contributed by atoms with Crippen molar-refractivity contribution < 1.29 is 33.4 Å². The lowest BCUT2D eigenvalue weighted by atomic mass is 9.90. The number of Topliss-reactive ketones (excluding diaryl/α,β-unsaturated/α-hetero) is 3. The first-order valence-corrected chi connectivity index (χ1v) is 14.3. The summed E-state index contributed by atoms with van der Waals surface area (Å²) in [4.78, 5) is 49.8. The molecule has 38 heavy (non-hydrogen) atoms. The van der Waals surface area contributed by atoms with Gasteiger partial charge in [0, 0.05) is 45.1 Å². The van der Waals surface area contributed by atoms with E-state index >= 15 is 0 Å². The van der Waals surface area contributed by atoms with Gasteiger partial charge < -0.3 is 19.1 Å². The van der Waals surface area contributed by atoms with Crippen LogP contribution in [0.3, 0.4) is 0 Å². The van der Waals surface area contributed by atoms with Crippen molar-refractivity contribution in [3.8, 4) is 0 Å². The monoisotopic (exact) mass is 545 g/mol. The van der Waals surface area contributed by atoms with Gasteiger partial charge >= 0.3 is 0 Å². The average molecular weight is 546 g/mol. The van der Waals surface area contributed by atoms with Crippen LogP contribution in [0.25, 0.3) is 0 Å². The lowest BCUT2D eigenvalue weighted by Crippen LogP contribution is -2.59. The molecule has 0 spiro atoms. The molecule has 8 heteroatoms. The van der Waals surface area contributed by atoms with Crippen molar-refractivity contribution in [2.75, 3.05) is 46.7 Å². The van der Waals surface area contributed by atoms with E-state index in [1.807, 2.05) is 62.3 Å². The van der Waals surface area contributed by atoms with Crippen molar-refractivity contribution in [2.24, 2.45) is 11.3 Å². The topological polar surface area (TPSA) is 99.2 Å². The van der Waals surface area contributed by atoms with Gasteiger partial charge in [-0.15, -0.1) is 0 Å². The molecule has 0 saturated heterocycles. The second-order valence-electron chi connectivity index (χ2n) is 10.5. The van der Waals surface area contributed by atoms with E-state index in [-0.39, 0.29) is 87.1 Å². The standard InChI is InChI=1S/C26H47NO7.2C2H6/c1-9-22(29)11-14-33-18-26(17-32-13-10-21(4)28,19-34-15-12-23(30)20(2)3)27(8)24(31)16-25(5,6)7;2*1-2/h20H,9-19H2,1-8H3;2*1-2H3. The van der Waals surface area contributed by atoms with Gasteiger partial charge in [0.25, 0.3) is 0 Å². The number of hydrogen-bond acceptors (Lipinski definition) is 7. The molecule has 0 fully saturated rings. The number of hydrogen-bond donors (Lipinski definition) is 0. The van der Waals surface area contributed by atoms with Gasteiger partial charge in [-0.25, -0.2) is 0 Å². The van der Waals surface area contributed by atoms with Gasteiger partial charge in [0.05, 0.1) is 39.6 Å². The van der Waals surface area contributed by atoms with Gasteiger partial charge in [0.1, 0.15) is 22.9 Å². The van der Waals surface area contributed by atoms with Crippen LogP contribution in [0.5, 0.6) is 0 Å². The fourth-order valence-corrected chi connectivity index (χ4v) is 3.08. The highest BCUT2D eigenvalue weighted by molar-refractivity contribution is 5.80. The third-order valence-corrected chi connectivity index (χ3v) is 5.53. The number of nitrogens with zero attached hydrogens (tertiary/aromatic N) is 1. The van der Waals surface area contributed by atoms with E-state index in [0.29, 0.717) is 19.3 Å². The molecule has 0 aromatic rings. The Hall–Kier alpha value is -1.64. The molecule has 0 bridgehead atoms. The van der Waals surface area contributed by atoms with E-state index in [2.05, 4.69) is 0 Å². The molecular formula is C30H59NO7. The van der Waals surface area contributed by atoms with Crippen LogP contribution in [0.1, 0.15) is 108 Å². The Kier molecular flexibility index (Phi) is 25.0. The minimum Gasteiger partial charge on any atom is -0.378 e. The van der Waals surface area contributed by atoms with Gasteiger partial charge in [-0.05, 0) is 12.3 Å². The first-order valence-electron chi connectivity index (χ1n) is 14.3. The molecule has 8 nitrogen and oxygen atoms in total. The predicted molar refractivity (Wildman–Crippen MR) is 154 cm³/mol. The van der Waals surface area contributed by atoms with Crippen LogP contribution in [-0.4, -0.2) is 80.4 Å². The molecule has 1 amide bonds. The molecule has 0 rings (SSSR count). The Morgan fingerprint density at radius 1 is 0.763 bits per heavy atom. The second kappa shape index (κ2) is 23.3. The zero-order chi connectivity index (χ0) is 30.4. The summed E-state index contributed by atoms with van der Waals surface area (Å²) in [5.41, 5.74) is -1.18. The van der Waals surface area contributed by atoms with Crippen LogP contribution in [0.4, 0.5) is 0 Å². The Morgan fingerprint density at radius 3 is 1.55 bits per heavy atom. The fraction of sp³-hybridized carbons (Fsp3) is 0.867. The minimum absolute atomic E-state index is 0.0144. The molecule has 1 atom stereocenters. The Bertz CT molecular complexity index is 655. The number of rotatable bonds is 19. The summed E-state index contributed by atoms with van der Waals surface area (Å²) in [6.45, 7) is 22.0. The number of ketones is 3. The summed E-state index contributed by atoms with van der Waals surface area (Å²) < 4.78 is 17.6. The number of carbonyl (C=O) groups is 4. The highest BCUT2D eigenvalue weighted by atomic mass is 16.5. The van der Waals surface area contributed by atoms with Crippen LogP contribution < -0.4 is 0 Å². The zero-order valence-electron chi connectivity index (χ0n) is 26.7. The van der Waals surface area contributed by atoms with Gasteiger partial charge in [-0.3, -0.25) is 19.2 Å². The first kappa shape index (κ1) is 40.9. The summed E-state index contributed by atoms with van der Waals surface area (Å²) in [6, 6.07) is 0. The van der Waals surface area contributed by atoms with Gasteiger partial charge in [-0.1, -0.05) is 69.2 Å². The largest absolute Gasteiger partial charge is 0.378 e. The molecule has 0 N–H and O–H groups in total. The first-order chi connectivity index (χ1) is 17.7. The molecule has 0 aliphatic carbocycles. The van der Waals surface area contributed by atoms with Gasteiger partial charge in [0.2, 0.25) is 5.91 Å². The van der Waals surface area contributed by atoms with E-state index in [0.717, 1.165) is 0 Å². The summed E-state index contributed by atoms with van der Waals surface area (Å²) in [5, 5.41) is 0. The molecule has 226 valence electrons. The SMILES string of the molecule is CC.CC.CCC(=O)CCOCC(COCCC(C)=O)(COCCC(=O)C(C)C)N(C)C(=O)CC(C)(C)C. The van der Waals surface area contributed by atoms with Crippen molar-refractivity contribution in [1.82, 2.24) is 4.90 Å². The third-order valence-electron chi connectivity index (χ3n) is 5.53. The molecule has 0 aromatic heterocycles. The third kappa shape index (κ3) is 20.3. The zero-order valence-corrected chi connectivity index (χ0v) is 26.7. The molecule has 0 aliphatic heterocycles. The van der Waals surface area contributed by atoms with Gasteiger partial charge in [0.15, 0.2) is 0 Å². The molecule has 0 saturated carbocycles. The number of carbonyl (C=O) groups excluding carboxylic acids is 4. The van der Waals surface area contributed by atoms with Crippen LogP contribution in [0, 0.1) is 11.3 Å². The van der Waals surface area contributed by atoms with Crippen LogP contribution in [-0.2, 0) is 33.4 Å². The predicted octanol–water partition coefficient (Wildman–Crippen LogP) is 5.69. The van der Waals surface area contributed by atoms with Gasteiger partial charge in [-0.2, -0.15) is 0 Å². The van der Waals surface area contributed by atoms with Crippen molar-refractivity contribution >= 4 is 23.3 Å². The molecule has 0 aromatic carbocycles. The number of ether oxygens (including phenoxy) is 3. The minimum atomic E-state index is -0.963. The normalized spacial score (nSPS) is 12.4. The molecule has 0 heterocycles. The Labute approximate surface area is 233 Å². The maximum absolute atomic E-state index is 13.2. The maximum atomic E-state index is 13.2. The smallest absolute Gasteiger partial charge is 0.223 e. The van der Waals surface area contributed by atoms with Crippen LogP contribution >= 0.6 is 0 Å². The van der Waals surface area contributed by atoms with Crippen molar-refractivity contribution in [3.05, 3.63) is 0 Å². The van der Waals surface area contributed by atoms with Crippen molar-refractivity contribution in [2.45, 2.75) is 114 Å². The van der Waals surface area contributed by atoms with Crippen LogP contribution in [0.2, 0.25) is 0 Å². The fourth-order valence-electron chi connectivity index (χ4n) is 3.08. The van der Waals surface area contributed by atoms with Crippen LogP contribution in [0.15, 0.2) is 0 Å². The molecule has 1 unspecified atom stereocenters. The summed E-state index contributed by atoms with van der Waals surface area (Å²) in [6.07, 6.45) is 1.61. The molecule has 0 aliphatic rings. The Morgan fingerprint density at radius 2 is 1.18 bits per heavy atom. The highest BCUT2D eigenvalue weighted by Gasteiger charge is 2.40.